The fourth-order valence-electron chi connectivity index (χ4n) is 3.43. The topological polar surface area (TPSA) is 49.5 Å². The third-order valence-corrected chi connectivity index (χ3v) is 4.98. The zero-order valence-electron chi connectivity index (χ0n) is 15.2. The van der Waals surface area contributed by atoms with E-state index in [9.17, 15) is 31.4 Å². The number of nitrogens with two attached hydrogens (primary N) is 1. The Labute approximate surface area is 159 Å². The second kappa shape index (κ2) is 8.84. The monoisotopic (exact) mass is 410 g/mol. The molecule has 0 spiro atoms. The molecule has 9 heteroatoms. The maximum absolute atomic E-state index is 13.2. The number of nitrogens with zero attached hydrogens (tertiary/aromatic N) is 1. The van der Waals surface area contributed by atoms with Gasteiger partial charge in [0.05, 0.1) is 12.0 Å². The third-order valence-electron chi connectivity index (χ3n) is 4.98. The van der Waals surface area contributed by atoms with Gasteiger partial charge >= 0.3 is 12.4 Å². The lowest BCUT2D eigenvalue weighted by molar-refractivity contribution is -0.164. The van der Waals surface area contributed by atoms with Crippen molar-refractivity contribution in [1.29, 1.82) is 0 Å². The van der Waals surface area contributed by atoms with Gasteiger partial charge in [0.2, 0.25) is 0 Å². The lowest BCUT2D eigenvalue weighted by Gasteiger charge is -2.33. The highest BCUT2D eigenvalue weighted by molar-refractivity contribution is 5.47. The number of halogens is 6. The van der Waals surface area contributed by atoms with Crippen LogP contribution in [0.15, 0.2) is 47.6 Å². The Balaban J connectivity index is 2.35. The van der Waals surface area contributed by atoms with E-state index in [1.807, 2.05) is 4.90 Å². The molecule has 1 fully saturated rings. The molecule has 0 saturated carbocycles. The molecule has 0 aromatic heterocycles. The molecular weight excluding hydrogens is 386 g/mol. The molecule has 0 aromatic carbocycles. The van der Waals surface area contributed by atoms with E-state index < -0.39 is 36.0 Å². The summed E-state index contributed by atoms with van der Waals surface area (Å²) in [5.74, 6) is -2.04. The van der Waals surface area contributed by atoms with Gasteiger partial charge in [-0.15, -0.1) is 0 Å². The lowest BCUT2D eigenvalue weighted by Crippen LogP contribution is -2.44. The van der Waals surface area contributed by atoms with Gasteiger partial charge in [-0.3, -0.25) is 0 Å². The second-order valence-corrected chi connectivity index (χ2v) is 7.10. The van der Waals surface area contributed by atoms with Crippen molar-refractivity contribution in [1.82, 2.24) is 4.90 Å². The van der Waals surface area contributed by atoms with Crippen LogP contribution in [-0.2, 0) is 0 Å². The quantitative estimate of drug-likeness (QED) is 0.534. The SMILES string of the molecule is C=C(/C=C(\C1=CC=CC(C(F)(F)F)C1N)C(O)CN1CCCCC1)C(F)(F)F. The summed E-state index contributed by atoms with van der Waals surface area (Å²) in [7, 11) is 0. The van der Waals surface area contributed by atoms with E-state index >= 15 is 0 Å². The minimum absolute atomic E-state index is 0.0153. The van der Waals surface area contributed by atoms with E-state index in [2.05, 4.69) is 6.58 Å². The molecule has 1 heterocycles. The van der Waals surface area contributed by atoms with Crippen LogP contribution in [0.2, 0.25) is 0 Å². The molecule has 3 atom stereocenters. The van der Waals surface area contributed by atoms with Crippen LogP contribution in [0.5, 0.6) is 0 Å². The van der Waals surface area contributed by atoms with Gasteiger partial charge in [0.15, 0.2) is 0 Å². The molecule has 3 unspecified atom stereocenters. The Kier molecular flexibility index (Phi) is 7.17. The Morgan fingerprint density at radius 3 is 2.36 bits per heavy atom. The van der Waals surface area contributed by atoms with Crippen molar-refractivity contribution in [2.45, 2.75) is 43.8 Å². The van der Waals surface area contributed by atoms with Gasteiger partial charge in [-0.2, -0.15) is 26.3 Å². The second-order valence-electron chi connectivity index (χ2n) is 7.10. The zero-order valence-corrected chi connectivity index (χ0v) is 15.2. The largest absolute Gasteiger partial charge is 0.415 e. The summed E-state index contributed by atoms with van der Waals surface area (Å²) in [6.07, 6.45) is -4.24. The smallest absolute Gasteiger partial charge is 0.387 e. The lowest BCUT2D eigenvalue weighted by atomic mass is 9.82. The van der Waals surface area contributed by atoms with Crippen molar-refractivity contribution in [3.63, 3.8) is 0 Å². The summed E-state index contributed by atoms with van der Waals surface area (Å²) in [5, 5.41) is 10.6. The number of hydrogen-bond donors (Lipinski definition) is 2. The number of allylic oxidation sites excluding steroid dienone is 4. The first-order valence-electron chi connectivity index (χ1n) is 9.00. The fourth-order valence-corrected chi connectivity index (χ4v) is 3.43. The molecule has 3 nitrogen and oxygen atoms in total. The van der Waals surface area contributed by atoms with Crippen molar-refractivity contribution in [2.24, 2.45) is 11.7 Å². The summed E-state index contributed by atoms with van der Waals surface area (Å²) in [6.45, 7) is 4.30. The fraction of sp³-hybridized carbons (Fsp3) is 0.579. The Bertz CT molecular complexity index is 656. The molecule has 0 aromatic rings. The number of rotatable bonds is 5. The summed E-state index contributed by atoms with van der Waals surface area (Å²) >= 11 is 0. The Hall–Kier alpha value is -1.58. The molecule has 1 aliphatic carbocycles. The minimum Gasteiger partial charge on any atom is -0.387 e. The van der Waals surface area contributed by atoms with E-state index in [4.69, 9.17) is 5.73 Å². The van der Waals surface area contributed by atoms with Gasteiger partial charge in [0.1, 0.15) is 0 Å². The number of aliphatic hydroxyl groups is 1. The van der Waals surface area contributed by atoms with E-state index in [0.717, 1.165) is 31.4 Å². The maximum atomic E-state index is 13.2. The maximum Gasteiger partial charge on any atom is 0.415 e. The zero-order chi connectivity index (χ0) is 21.1. The van der Waals surface area contributed by atoms with Crippen molar-refractivity contribution >= 4 is 0 Å². The molecule has 0 amide bonds. The molecule has 3 N–H and O–H groups in total. The van der Waals surface area contributed by atoms with Gasteiger partial charge in [-0.1, -0.05) is 31.2 Å². The van der Waals surface area contributed by atoms with Crippen molar-refractivity contribution in [3.8, 4) is 0 Å². The molecular formula is C19H24F6N2O. The number of likely N-dealkylation sites (tertiary alicyclic amines) is 1. The number of aliphatic hydroxyl groups excluding tert-OH is 1. The summed E-state index contributed by atoms with van der Waals surface area (Å²) in [5.41, 5.74) is 4.05. The highest BCUT2D eigenvalue weighted by Gasteiger charge is 2.45. The molecule has 2 aliphatic rings. The highest BCUT2D eigenvalue weighted by atomic mass is 19.4. The summed E-state index contributed by atoms with van der Waals surface area (Å²) in [6, 6.07) is -1.62. The van der Waals surface area contributed by atoms with Gasteiger partial charge in [-0.05, 0) is 43.2 Å². The highest BCUT2D eigenvalue weighted by Crippen LogP contribution is 2.37. The molecule has 1 aliphatic heterocycles. The van der Waals surface area contributed by atoms with Gasteiger partial charge < -0.3 is 15.7 Å². The van der Waals surface area contributed by atoms with Crippen LogP contribution in [-0.4, -0.2) is 54.1 Å². The van der Waals surface area contributed by atoms with Crippen LogP contribution in [0.3, 0.4) is 0 Å². The predicted molar refractivity (Wildman–Crippen MR) is 94.3 cm³/mol. The molecule has 0 radical (unpaired) electrons. The van der Waals surface area contributed by atoms with Crippen molar-refractivity contribution in [3.05, 3.63) is 47.6 Å². The first-order chi connectivity index (χ1) is 12.9. The van der Waals surface area contributed by atoms with Crippen LogP contribution in [0.25, 0.3) is 0 Å². The summed E-state index contributed by atoms with van der Waals surface area (Å²) < 4.78 is 78.6. The molecule has 0 bridgehead atoms. The normalized spacial score (nSPS) is 26.1. The van der Waals surface area contributed by atoms with E-state index in [1.54, 1.807) is 0 Å². The first kappa shape index (κ1) is 22.7. The van der Waals surface area contributed by atoms with Gasteiger partial charge in [0.25, 0.3) is 0 Å². The number of piperidine rings is 1. The predicted octanol–water partition coefficient (Wildman–Crippen LogP) is 3.88. The molecule has 1 saturated heterocycles. The third kappa shape index (κ3) is 5.71. The van der Waals surface area contributed by atoms with E-state index in [-0.39, 0.29) is 17.7 Å². The van der Waals surface area contributed by atoms with Crippen LogP contribution in [0, 0.1) is 5.92 Å². The van der Waals surface area contributed by atoms with Crippen molar-refractivity contribution in [2.75, 3.05) is 19.6 Å². The van der Waals surface area contributed by atoms with E-state index in [0.29, 0.717) is 19.2 Å². The Morgan fingerprint density at radius 1 is 1.21 bits per heavy atom. The number of hydrogen-bond acceptors (Lipinski definition) is 3. The van der Waals surface area contributed by atoms with E-state index in [1.165, 1.54) is 6.08 Å². The van der Waals surface area contributed by atoms with Crippen LogP contribution in [0.4, 0.5) is 26.3 Å². The standard InChI is InChI=1S/C19H24F6N2O/c1-12(18(20,21)22)10-14(16(28)11-27-8-3-2-4-9-27)13-6-5-7-15(17(13)26)19(23,24)25/h5-7,10,15-17,28H,1-4,8-9,11,26H2/b14-10+. The Morgan fingerprint density at radius 2 is 1.82 bits per heavy atom. The molecule has 2 rings (SSSR count). The van der Waals surface area contributed by atoms with Crippen LogP contribution in [0.1, 0.15) is 19.3 Å². The van der Waals surface area contributed by atoms with Gasteiger partial charge in [-0.25, -0.2) is 0 Å². The molecule has 28 heavy (non-hydrogen) atoms. The summed E-state index contributed by atoms with van der Waals surface area (Å²) in [4.78, 5) is 1.88. The molecule has 158 valence electrons. The number of alkyl halides is 6. The van der Waals surface area contributed by atoms with Crippen molar-refractivity contribution < 1.29 is 31.4 Å². The average Bonchev–Trinajstić information content (AvgIpc) is 2.59. The first-order valence-corrected chi connectivity index (χ1v) is 9.00. The van der Waals surface area contributed by atoms with Crippen LogP contribution >= 0.6 is 0 Å². The average molecular weight is 410 g/mol. The van der Waals surface area contributed by atoms with Gasteiger partial charge in [0, 0.05) is 18.2 Å². The number of β-amino-alcohol motifs (C(OH)–C–C–N with tert-alkyl or cyclic N) is 1. The minimum atomic E-state index is -4.77. The van der Waals surface area contributed by atoms with Crippen LogP contribution < -0.4 is 5.73 Å².